The fraction of sp³-hybridized carbons (Fsp3) is 0.939. The highest BCUT2D eigenvalue weighted by atomic mass is 16.7. The summed E-state index contributed by atoms with van der Waals surface area (Å²) in [6.45, 7) is 1.93. The number of cyclic esters (lactones) is 4. The smallest absolute Gasteiger partial charge is 0.434 e. The molecule has 0 saturated carbocycles. The number of carbonyl (C=O) groups excluding carboxylic acids is 2. The fourth-order valence-electron chi connectivity index (χ4n) is 5.18. The van der Waals surface area contributed by atoms with E-state index in [1.165, 1.54) is 122 Å². The first kappa shape index (κ1) is 35.6. The minimum atomic E-state index is -0.494. The highest BCUT2D eigenvalue weighted by Crippen LogP contribution is 2.14. The third-order valence-corrected chi connectivity index (χ3v) is 7.71. The summed E-state index contributed by atoms with van der Waals surface area (Å²) in [6, 6.07) is 0. The van der Waals surface area contributed by atoms with E-state index in [2.05, 4.69) is 0 Å². The van der Waals surface area contributed by atoms with Gasteiger partial charge < -0.3 is 18.9 Å². The standard InChI is InChI=1S/C33H62O6/c34-32-36-28-24-20-16-12-8-4-1-2-5-9-13-17-21-25-29-37-33(35)39-31-27-23-19-15-11-7-3-6-10-14-18-22-26-30-38-32/h1-31H2. The molecule has 0 N–H and O–H groups in total. The molecule has 0 aromatic rings. The lowest BCUT2D eigenvalue weighted by Crippen LogP contribution is -2.09. The highest BCUT2D eigenvalue weighted by Gasteiger charge is 2.05. The molecule has 0 radical (unpaired) electrons. The first-order valence-electron chi connectivity index (χ1n) is 16.9. The molecule has 230 valence electrons. The van der Waals surface area contributed by atoms with Gasteiger partial charge in [0.2, 0.25) is 0 Å². The second kappa shape index (κ2) is 29.5. The maximum atomic E-state index is 11.7. The van der Waals surface area contributed by atoms with Crippen molar-refractivity contribution in [3.63, 3.8) is 0 Å². The lowest BCUT2D eigenvalue weighted by Gasteiger charge is -2.07. The van der Waals surface area contributed by atoms with Crippen LogP contribution in [-0.4, -0.2) is 38.7 Å². The molecule has 0 aromatic carbocycles. The highest BCUT2D eigenvalue weighted by molar-refractivity contribution is 5.60. The average molecular weight is 555 g/mol. The number of rotatable bonds is 0. The van der Waals surface area contributed by atoms with Crippen LogP contribution in [-0.2, 0) is 18.9 Å². The Hall–Kier alpha value is -1.46. The van der Waals surface area contributed by atoms with Gasteiger partial charge in [-0.15, -0.1) is 0 Å². The molecule has 0 amide bonds. The SMILES string of the molecule is O=C1OCCCCCCCCCCCCCCCCOC(=O)OCCCCCCCCCCCCCCCO1. The summed E-state index contributed by atoms with van der Waals surface area (Å²) < 4.78 is 20.8. The molecule has 39 heavy (non-hydrogen) atoms. The van der Waals surface area contributed by atoms with Crippen molar-refractivity contribution in [1.82, 2.24) is 0 Å². The van der Waals surface area contributed by atoms with Gasteiger partial charge in [-0.3, -0.25) is 0 Å². The Balaban J connectivity index is 2.10. The van der Waals surface area contributed by atoms with Crippen molar-refractivity contribution in [3.05, 3.63) is 0 Å². The molecule has 0 aromatic heterocycles. The van der Waals surface area contributed by atoms with Crippen LogP contribution in [0.25, 0.3) is 0 Å². The average Bonchev–Trinajstić information content (AvgIpc) is 2.93. The van der Waals surface area contributed by atoms with Gasteiger partial charge in [0.25, 0.3) is 0 Å². The molecule has 1 aliphatic heterocycles. The number of hydrogen-bond donors (Lipinski definition) is 0. The van der Waals surface area contributed by atoms with E-state index in [4.69, 9.17) is 18.9 Å². The predicted octanol–water partition coefficient (Wildman–Crippen LogP) is 10.8. The third-order valence-electron chi connectivity index (χ3n) is 7.71. The summed E-state index contributed by atoms with van der Waals surface area (Å²) in [5.41, 5.74) is 0. The van der Waals surface area contributed by atoms with E-state index >= 15 is 0 Å². The number of hydrogen-bond acceptors (Lipinski definition) is 6. The largest absolute Gasteiger partial charge is 0.508 e. The summed E-state index contributed by atoms with van der Waals surface area (Å²) in [4.78, 5) is 23.4. The van der Waals surface area contributed by atoms with Crippen LogP contribution in [0, 0.1) is 0 Å². The Morgan fingerprint density at radius 3 is 0.513 bits per heavy atom. The molecule has 0 aliphatic carbocycles. The number of ether oxygens (including phenoxy) is 4. The lowest BCUT2D eigenvalue weighted by molar-refractivity contribution is 0.0519. The van der Waals surface area contributed by atoms with Gasteiger partial charge in [0.1, 0.15) is 0 Å². The van der Waals surface area contributed by atoms with E-state index in [0.29, 0.717) is 26.4 Å². The van der Waals surface area contributed by atoms with Crippen molar-refractivity contribution in [1.29, 1.82) is 0 Å². The quantitative estimate of drug-likeness (QED) is 0.277. The predicted molar refractivity (Wildman–Crippen MR) is 159 cm³/mol. The normalized spacial score (nSPS) is 22.7. The molecule has 0 spiro atoms. The van der Waals surface area contributed by atoms with Crippen molar-refractivity contribution >= 4 is 12.3 Å². The minimum Gasteiger partial charge on any atom is -0.434 e. The molecule has 1 heterocycles. The fourth-order valence-corrected chi connectivity index (χ4v) is 5.18. The molecule has 1 rings (SSSR count). The topological polar surface area (TPSA) is 71.1 Å². The Labute approximate surface area is 240 Å². The van der Waals surface area contributed by atoms with E-state index < -0.39 is 12.3 Å². The first-order chi connectivity index (χ1) is 19.3. The van der Waals surface area contributed by atoms with Crippen LogP contribution in [0.4, 0.5) is 9.59 Å². The zero-order valence-electron chi connectivity index (χ0n) is 25.4. The zero-order chi connectivity index (χ0) is 27.9. The van der Waals surface area contributed by atoms with Gasteiger partial charge in [-0.1, -0.05) is 148 Å². The molecule has 1 saturated heterocycles. The van der Waals surface area contributed by atoms with Gasteiger partial charge in [-0.05, 0) is 25.7 Å². The maximum absolute atomic E-state index is 11.7. The van der Waals surface area contributed by atoms with Crippen LogP contribution in [0.15, 0.2) is 0 Å². The van der Waals surface area contributed by atoms with Crippen molar-refractivity contribution in [2.24, 2.45) is 0 Å². The Bertz CT molecular complexity index is 492. The Morgan fingerprint density at radius 2 is 0.359 bits per heavy atom. The second-order valence-corrected chi connectivity index (χ2v) is 11.4. The maximum Gasteiger partial charge on any atom is 0.508 e. The van der Waals surface area contributed by atoms with E-state index in [1.54, 1.807) is 0 Å². The molecule has 0 atom stereocenters. The van der Waals surface area contributed by atoms with Crippen LogP contribution < -0.4 is 0 Å². The molecular formula is C33H62O6. The van der Waals surface area contributed by atoms with Gasteiger partial charge in [0.05, 0.1) is 26.4 Å². The molecular weight excluding hydrogens is 492 g/mol. The summed E-state index contributed by atoms with van der Waals surface area (Å²) in [5.74, 6) is 0. The zero-order valence-corrected chi connectivity index (χ0v) is 25.4. The summed E-state index contributed by atoms with van der Waals surface area (Å²) in [6.07, 6.45) is 31.7. The van der Waals surface area contributed by atoms with E-state index in [-0.39, 0.29) is 0 Å². The molecule has 0 bridgehead atoms. The third kappa shape index (κ3) is 27.9. The van der Waals surface area contributed by atoms with Crippen molar-refractivity contribution in [3.8, 4) is 0 Å². The van der Waals surface area contributed by atoms with Crippen LogP contribution in [0.5, 0.6) is 0 Å². The van der Waals surface area contributed by atoms with Gasteiger partial charge in [-0.25, -0.2) is 9.59 Å². The number of carbonyl (C=O) groups is 2. The van der Waals surface area contributed by atoms with E-state index in [1.807, 2.05) is 0 Å². The van der Waals surface area contributed by atoms with Gasteiger partial charge >= 0.3 is 12.3 Å². The second-order valence-electron chi connectivity index (χ2n) is 11.4. The van der Waals surface area contributed by atoms with Crippen LogP contribution >= 0.6 is 0 Å². The van der Waals surface area contributed by atoms with Crippen molar-refractivity contribution < 1.29 is 28.5 Å². The molecule has 1 aliphatic rings. The summed E-state index contributed by atoms with van der Waals surface area (Å²) in [5, 5.41) is 0. The van der Waals surface area contributed by atoms with Crippen molar-refractivity contribution in [2.75, 3.05) is 26.4 Å². The molecule has 0 unspecified atom stereocenters. The van der Waals surface area contributed by atoms with Crippen LogP contribution in [0.1, 0.15) is 173 Å². The van der Waals surface area contributed by atoms with E-state index in [0.717, 1.165) is 51.4 Å². The summed E-state index contributed by atoms with van der Waals surface area (Å²) in [7, 11) is 0. The Kier molecular flexibility index (Phi) is 26.9. The summed E-state index contributed by atoms with van der Waals surface area (Å²) >= 11 is 0. The lowest BCUT2D eigenvalue weighted by atomic mass is 10.0. The molecule has 1 fully saturated rings. The van der Waals surface area contributed by atoms with Gasteiger partial charge in [0, 0.05) is 0 Å². The van der Waals surface area contributed by atoms with Gasteiger partial charge in [-0.2, -0.15) is 0 Å². The van der Waals surface area contributed by atoms with Gasteiger partial charge in [0.15, 0.2) is 0 Å². The van der Waals surface area contributed by atoms with Crippen LogP contribution in [0.2, 0.25) is 0 Å². The van der Waals surface area contributed by atoms with Crippen LogP contribution in [0.3, 0.4) is 0 Å². The first-order valence-corrected chi connectivity index (χ1v) is 16.9. The molecule has 6 heteroatoms. The Morgan fingerprint density at radius 1 is 0.231 bits per heavy atom. The minimum absolute atomic E-state index is 0.481. The van der Waals surface area contributed by atoms with Crippen molar-refractivity contribution in [2.45, 2.75) is 173 Å². The van der Waals surface area contributed by atoms with E-state index in [9.17, 15) is 9.59 Å². The monoisotopic (exact) mass is 554 g/mol. The molecule has 6 nitrogen and oxygen atoms in total.